The van der Waals surface area contributed by atoms with E-state index in [9.17, 15) is 9.18 Å². The Kier molecular flexibility index (Phi) is 3.53. The molecular formula is C15H11FN2O2S. The summed E-state index contributed by atoms with van der Waals surface area (Å²) >= 11 is 1.48. The van der Waals surface area contributed by atoms with Gasteiger partial charge in [0.1, 0.15) is 17.3 Å². The number of aliphatic imine (C=N–C) groups is 1. The van der Waals surface area contributed by atoms with Crippen LogP contribution < -0.4 is 10.1 Å². The van der Waals surface area contributed by atoms with Crippen molar-refractivity contribution in [1.82, 2.24) is 5.32 Å². The number of ether oxygens (including phenoxy) is 1. The van der Waals surface area contributed by atoms with E-state index in [1.165, 1.54) is 42.7 Å². The minimum atomic E-state index is -0.400. The maximum Gasteiger partial charge on any atom is 0.275 e. The topological polar surface area (TPSA) is 50.7 Å². The van der Waals surface area contributed by atoms with Crippen molar-refractivity contribution in [2.45, 2.75) is 0 Å². The van der Waals surface area contributed by atoms with Crippen molar-refractivity contribution >= 4 is 29.2 Å². The predicted molar refractivity (Wildman–Crippen MR) is 79.9 cm³/mol. The molecule has 0 aliphatic carbocycles. The van der Waals surface area contributed by atoms with Crippen LogP contribution in [0.2, 0.25) is 0 Å². The monoisotopic (exact) mass is 302 g/mol. The summed E-state index contributed by atoms with van der Waals surface area (Å²) in [6, 6.07) is 7.87. The second-order valence-corrected chi connectivity index (χ2v) is 5.26. The first-order chi connectivity index (χ1) is 10.2. The third-order valence-electron chi connectivity index (χ3n) is 2.94. The van der Waals surface area contributed by atoms with Gasteiger partial charge in [-0.3, -0.25) is 4.79 Å². The zero-order chi connectivity index (χ0) is 14.8. The number of hydrogen-bond donors (Lipinski definition) is 1. The van der Waals surface area contributed by atoms with Crippen molar-refractivity contribution in [3.63, 3.8) is 0 Å². The van der Waals surface area contributed by atoms with Gasteiger partial charge in [0.15, 0.2) is 5.84 Å². The van der Waals surface area contributed by atoms with E-state index in [2.05, 4.69) is 10.3 Å². The van der Waals surface area contributed by atoms with Crippen LogP contribution in [-0.4, -0.2) is 18.9 Å². The van der Waals surface area contributed by atoms with E-state index in [1.54, 1.807) is 0 Å². The van der Waals surface area contributed by atoms with Crippen LogP contribution in [0.4, 0.5) is 4.39 Å². The normalized spacial score (nSPS) is 16.0. The fraction of sp³-hybridized carbons (Fsp3) is 0.0667. The molecule has 0 radical (unpaired) electrons. The van der Waals surface area contributed by atoms with Gasteiger partial charge in [0.05, 0.1) is 12.0 Å². The van der Waals surface area contributed by atoms with Crippen molar-refractivity contribution in [3.8, 4) is 5.75 Å². The number of amides is 1. The van der Waals surface area contributed by atoms with Crippen molar-refractivity contribution < 1.29 is 13.9 Å². The Bertz CT molecular complexity index is 751. The fourth-order valence-corrected chi connectivity index (χ4v) is 2.63. The third-order valence-corrected chi connectivity index (χ3v) is 3.81. The summed E-state index contributed by atoms with van der Waals surface area (Å²) in [5.41, 5.74) is 0.695. The number of thiophene rings is 1. The van der Waals surface area contributed by atoms with Crippen LogP contribution in [0.5, 0.6) is 5.75 Å². The Morgan fingerprint density at radius 3 is 2.95 bits per heavy atom. The van der Waals surface area contributed by atoms with Gasteiger partial charge in [-0.25, -0.2) is 9.38 Å². The third kappa shape index (κ3) is 2.71. The van der Waals surface area contributed by atoms with Gasteiger partial charge < -0.3 is 10.1 Å². The molecule has 1 amide bonds. The molecule has 106 valence electrons. The predicted octanol–water partition coefficient (Wildman–Crippen LogP) is 2.81. The first kappa shape index (κ1) is 13.5. The highest BCUT2D eigenvalue weighted by molar-refractivity contribution is 7.12. The number of nitrogens with one attached hydrogen (secondary N) is 1. The summed E-state index contributed by atoms with van der Waals surface area (Å²) in [5.74, 6) is 0.279. The average molecular weight is 302 g/mol. The van der Waals surface area contributed by atoms with Crippen molar-refractivity contribution in [2.24, 2.45) is 4.99 Å². The highest BCUT2D eigenvalue weighted by Crippen LogP contribution is 2.24. The molecule has 1 aliphatic heterocycles. The fourth-order valence-electron chi connectivity index (χ4n) is 1.96. The molecule has 0 bridgehead atoms. The largest absolute Gasteiger partial charge is 0.496 e. The van der Waals surface area contributed by atoms with Gasteiger partial charge in [-0.15, -0.1) is 11.3 Å². The minimum Gasteiger partial charge on any atom is -0.496 e. The van der Waals surface area contributed by atoms with Crippen LogP contribution >= 0.6 is 11.3 Å². The van der Waals surface area contributed by atoms with Crippen molar-refractivity contribution in [2.75, 3.05) is 7.11 Å². The van der Waals surface area contributed by atoms with Gasteiger partial charge in [0.2, 0.25) is 0 Å². The Hall–Kier alpha value is -2.47. The van der Waals surface area contributed by atoms with E-state index >= 15 is 0 Å². The SMILES string of the molecule is COc1ccc(F)cc1/C=C1/N=C(c2cccs2)NC1=O. The molecule has 21 heavy (non-hydrogen) atoms. The maximum absolute atomic E-state index is 13.3. The molecule has 1 aromatic carbocycles. The lowest BCUT2D eigenvalue weighted by Gasteiger charge is -2.04. The molecule has 1 aromatic heterocycles. The second kappa shape index (κ2) is 5.49. The number of nitrogens with zero attached hydrogens (tertiary/aromatic N) is 1. The zero-order valence-electron chi connectivity index (χ0n) is 11.1. The Labute approximate surface area is 124 Å². The molecule has 1 aliphatic rings. The Morgan fingerprint density at radius 1 is 1.38 bits per heavy atom. The van der Waals surface area contributed by atoms with Crippen LogP contribution in [0.25, 0.3) is 6.08 Å². The summed E-state index contributed by atoms with van der Waals surface area (Å²) in [5, 5.41) is 4.60. The molecule has 1 N–H and O–H groups in total. The van der Waals surface area contributed by atoms with E-state index in [0.717, 1.165) is 4.88 Å². The van der Waals surface area contributed by atoms with E-state index in [-0.39, 0.29) is 11.6 Å². The highest BCUT2D eigenvalue weighted by atomic mass is 32.1. The smallest absolute Gasteiger partial charge is 0.275 e. The molecule has 0 spiro atoms. The lowest BCUT2D eigenvalue weighted by molar-refractivity contribution is -0.115. The molecule has 0 atom stereocenters. The van der Waals surface area contributed by atoms with Crippen LogP contribution in [0.15, 0.2) is 46.4 Å². The number of methoxy groups -OCH3 is 1. The number of amidine groups is 1. The number of rotatable bonds is 3. The molecule has 4 nitrogen and oxygen atoms in total. The maximum atomic E-state index is 13.3. The van der Waals surface area contributed by atoms with Crippen molar-refractivity contribution in [3.05, 3.63) is 57.7 Å². The first-order valence-electron chi connectivity index (χ1n) is 6.16. The average Bonchev–Trinajstić information content (AvgIpc) is 3.10. The van der Waals surface area contributed by atoms with Crippen LogP contribution in [0.1, 0.15) is 10.4 Å². The molecule has 0 fully saturated rings. The van der Waals surface area contributed by atoms with Gasteiger partial charge >= 0.3 is 0 Å². The molecular weight excluding hydrogens is 291 g/mol. The second-order valence-electron chi connectivity index (χ2n) is 4.31. The lowest BCUT2D eigenvalue weighted by Crippen LogP contribution is -2.23. The number of carbonyl (C=O) groups excluding carboxylic acids is 1. The van der Waals surface area contributed by atoms with Gasteiger partial charge in [-0.05, 0) is 35.7 Å². The van der Waals surface area contributed by atoms with Gasteiger partial charge in [0, 0.05) is 5.56 Å². The number of halogens is 1. The molecule has 6 heteroatoms. The van der Waals surface area contributed by atoms with Crippen LogP contribution in [0, 0.1) is 5.82 Å². The Balaban J connectivity index is 2.00. The quantitative estimate of drug-likeness (QED) is 0.886. The molecule has 0 saturated heterocycles. The van der Waals surface area contributed by atoms with Gasteiger partial charge in [-0.2, -0.15) is 0 Å². The number of carbonyl (C=O) groups is 1. The van der Waals surface area contributed by atoms with E-state index < -0.39 is 5.82 Å². The van der Waals surface area contributed by atoms with Crippen LogP contribution in [0.3, 0.4) is 0 Å². The van der Waals surface area contributed by atoms with Crippen LogP contribution in [-0.2, 0) is 4.79 Å². The highest BCUT2D eigenvalue weighted by Gasteiger charge is 2.22. The van der Waals surface area contributed by atoms with E-state index in [0.29, 0.717) is 17.1 Å². The number of benzene rings is 1. The Morgan fingerprint density at radius 2 is 2.24 bits per heavy atom. The summed E-state index contributed by atoms with van der Waals surface area (Å²) in [6.45, 7) is 0. The van der Waals surface area contributed by atoms with Gasteiger partial charge in [0.25, 0.3) is 5.91 Å². The number of hydrogen-bond acceptors (Lipinski definition) is 4. The van der Waals surface area contributed by atoms with E-state index in [1.807, 2.05) is 17.5 Å². The van der Waals surface area contributed by atoms with E-state index in [4.69, 9.17) is 4.74 Å². The lowest BCUT2D eigenvalue weighted by atomic mass is 10.1. The molecule has 0 unspecified atom stereocenters. The molecule has 2 aromatic rings. The van der Waals surface area contributed by atoms with Gasteiger partial charge in [-0.1, -0.05) is 6.07 Å². The molecule has 3 rings (SSSR count). The summed E-state index contributed by atoms with van der Waals surface area (Å²) in [6.07, 6.45) is 1.51. The molecule has 0 saturated carbocycles. The minimum absolute atomic E-state index is 0.224. The zero-order valence-corrected chi connectivity index (χ0v) is 11.9. The first-order valence-corrected chi connectivity index (χ1v) is 7.04. The summed E-state index contributed by atoms with van der Waals surface area (Å²) < 4.78 is 18.5. The molecule has 2 heterocycles. The summed E-state index contributed by atoms with van der Waals surface area (Å²) in [4.78, 5) is 17.1. The summed E-state index contributed by atoms with van der Waals surface area (Å²) in [7, 11) is 1.49. The standard InChI is InChI=1S/C15H11FN2O2S/c1-20-12-5-4-10(16)7-9(12)8-11-15(19)18-14(17-11)13-3-2-6-21-13/h2-8H,1H3,(H,17,18,19)/b11-8+. The van der Waals surface area contributed by atoms with Crippen molar-refractivity contribution in [1.29, 1.82) is 0 Å².